The molecular formula is C12H12F3N3O. The van der Waals surface area contributed by atoms with Crippen LogP contribution >= 0.6 is 0 Å². The molecule has 2 N–H and O–H groups in total. The summed E-state index contributed by atoms with van der Waals surface area (Å²) in [6.07, 6.45) is -1.25. The molecule has 0 fully saturated rings. The highest BCUT2D eigenvalue weighted by Crippen LogP contribution is 2.22. The van der Waals surface area contributed by atoms with Crippen LogP contribution in [0.15, 0.2) is 36.8 Å². The number of imidazole rings is 1. The van der Waals surface area contributed by atoms with Gasteiger partial charge in [0.25, 0.3) is 0 Å². The minimum absolute atomic E-state index is 0.232. The molecular weight excluding hydrogens is 259 g/mol. The van der Waals surface area contributed by atoms with Crippen molar-refractivity contribution in [1.29, 1.82) is 0 Å². The van der Waals surface area contributed by atoms with Gasteiger partial charge in [0, 0.05) is 19.3 Å². The van der Waals surface area contributed by atoms with Gasteiger partial charge in [-0.25, -0.2) is 4.98 Å². The summed E-state index contributed by atoms with van der Waals surface area (Å²) in [6.45, 7) is 0.866. The Kier molecular flexibility index (Phi) is 3.75. The van der Waals surface area contributed by atoms with Crippen molar-refractivity contribution in [2.45, 2.75) is 19.5 Å². The zero-order valence-electron chi connectivity index (χ0n) is 9.89. The molecule has 1 aromatic carbocycles. The highest BCUT2D eigenvalue weighted by atomic mass is 19.4. The zero-order valence-corrected chi connectivity index (χ0v) is 9.89. The zero-order chi connectivity index (χ0) is 13.9. The Labute approximate surface area is 107 Å². The van der Waals surface area contributed by atoms with Crippen molar-refractivity contribution >= 4 is 0 Å². The summed E-state index contributed by atoms with van der Waals surface area (Å²) in [6, 6.07) is 5.71. The van der Waals surface area contributed by atoms with Crippen LogP contribution in [0.5, 0.6) is 5.75 Å². The van der Waals surface area contributed by atoms with E-state index in [0.717, 1.165) is 11.3 Å². The first-order chi connectivity index (χ1) is 8.96. The van der Waals surface area contributed by atoms with Gasteiger partial charge in [-0.2, -0.15) is 0 Å². The molecule has 0 saturated carbocycles. The molecule has 0 atom stereocenters. The summed E-state index contributed by atoms with van der Waals surface area (Å²) in [7, 11) is 0. The standard InChI is InChI=1S/C12H12F3N3O/c13-12(14,15)19-11-3-1-9(2-4-11)6-18-7-10(5-16)17-8-18/h1-4,7-8H,5-6,16H2. The third-order valence-electron chi connectivity index (χ3n) is 2.42. The van der Waals surface area contributed by atoms with Crippen LogP contribution in [0.3, 0.4) is 0 Å². The predicted molar refractivity (Wildman–Crippen MR) is 62.3 cm³/mol. The average Bonchev–Trinajstić information content (AvgIpc) is 2.77. The van der Waals surface area contributed by atoms with E-state index in [2.05, 4.69) is 9.72 Å². The van der Waals surface area contributed by atoms with Crippen molar-refractivity contribution in [3.8, 4) is 5.75 Å². The van der Waals surface area contributed by atoms with E-state index in [1.54, 1.807) is 24.7 Å². The number of aromatic nitrogens is 2. The van der Waals surface area contributed by atoms with Crippen LogP contribution in [0.2, 0.25) is 0 Å². The van der Waals surface area contributed by atoms with Crippen LogP contribution in [-0.2, 0) is 13.1 Å². The molecule has 7 heteroatoms. The van der Waals surface area contributed by atoms with Crippen LogP contribution in [0.25, 0.3) is 0 Å². The summed E-state index contributed by atoms with van der Waals surface area (Å²) in [5.74, 6) is -0.232. The van der Waals surface area contributed by atoms with Gasteiger partial charge in [0.2, 0.25) is 0 Å². The Morgan fingerprint density at radius 1 is 1.21 bits per heavy atom. The third kappa shape index (κ3) is 3.99. The van der Waals surface area contributed by atoms with Crippen molar-refractivity contribution in [1.82, 2.24) is 9.55 Å². The fourth-order valence-electron chi connectivity index (χ4n) is 1.61. The van der Waals surface area contributed by atoms with E-state index in [1.165, 1.54) is 12.1 Å². The van der Waals surface area contributed by atoms with E-state index in [-0.39, 0.29) is 5.75 Å². The van der Waals surface area contributed by atoms with Crippen LogP contribution < -0.4 is 10.5 Å². The molecule has 2 aromatic rings. The van der Waals surface area contributed by atoms with E-state index in [0.29, 0.717) is 13.1 Å². The number of hydrogen-bond acceptors (Lipinski definition) is 3. The summed E-state index contributed by atoms with van der Waals surface area (Å²) in [5.41, 5.74) is 7.04. The maximum Gasteiger partial charge on any atom is 0.573 e. The molecule has 0 aliphatic rings. The van der Waals surface area contributed by atoms with Gasteiger partial charge in [-0.05, 0) is 17.7 Å². The van der Waals surface area contributed by atoms with E-state index < -0.39 is 6.36 Å². The second-order valence-corrected chi connectivity index (χ2v) is 3.93. The normalized spacial score (nSPS) is 11.6. The number of nitrogens with two attached hydrogens (primary N) is 1. The van der Waals surface area contributed by atoms with Gasteiger partial charge in [-0.3, -0.25) is 0 Å². The SMILES string of the molecule is NCc1cn(Cc2ccc(OC(F)(F)F)cc2)cn1. The Hall–Kier alpha value is -2.02. The van der Waals surface area contributed by atoms with Crippen molar-refractivity contribution in [3.05, 3.63) is 48.0 Å². The molecule has 0 aliphatic carbocycles. The second-order valence-electron chi connectivity index (χ2n) is 3.93. The van der Waals surface area contributed by atoms with Crippen molar-refractivity contribution in [2.75, 3.05) is 0 Å². The van der Waals surface area contributed by atoms with Crippen LogP contribution in [0.1, 0.15) is 11.3 Å². The van der Waals surface area contributed by atoms with Gasteiger partial charge >= 0.3 is 6.36 Å². The molecule has 19 heavy (non-hydrogen) atoms. The van der Waals surface area contributed by atoms with Gasteiger partial charge in [-0.15, -0.1) is 13.2 Å². The first-order valence-electron chi connectivity index (χ1n) is 5.52. The minimum atomic E-state index is -4.66. The Balaban J connectivity index is 2.02. The number of hydrogen-bond donors (Lipinski definition) is 1. The highest BCUT2D eigenvalue weighted by molar-refractivity contribution is 5.27. The fourth-order valence-corrected chi connectivity index (χ4v) is 1.61. The molecule has 102 valence electrons. The lowest BCUT2D eigenvalue weighted by Gasteiger charge is -2.09. The number of halogens is 3. The van der Waals surface area contributed by atoms with Gasteiger partial charge in [0.15, 0.2) is 0 Å². The molecule has 0 saturated heterocycles. The van der Waals surface area contributed by atoms with Crippen molar-refractivity contribution in [3.63, 3.8) is 0 Å². The number of alkyl halides is 3. The largest absolute Gasteiger partial charge is 0.573 e. The molecule has 0 aliphatic heterocycles. The summed E-state index contributed by atoms with van der Waals surface area (Å²) < 4.78 is 41.6. The van der Waals surface area contributed by atoms with E-state index in [9.17, 15) is 13.2 Å². The lowest BCUT2D eigenvalue weighted by Crippen LogP contribution is -2.17. The molecule has 0 bridgehead atoms. The number of benzene rings is 1. The molecule has 0 spiro atoms. The molecule has 2 rings (SSSR count). The predicted octanol–water partition coefficient (Wildman–Crippen LogP) is 2.29. The molecule has 0 unspecified atom stereocenters. The van der Waals surface area contributed by atoms with Gasteiger partial charge in [-0.1, -0.05) is 12.1 Å². The van der Waals surface area contributed by atoms with E-state index >= 15 is 0 Å². The Morgan fingerprint density at radius 2 is 1.89 bits per heavy atom. The number of ether oxygens (including phenoxy) is 1. The first-order valence-corrected chi connectivity index (χ1v) is 5.52. The Bertz CT molecular complexity index is 534. The number of rotatable bonds is 4. The monoisotopic (exact) mass is 271 g/mol. The second kappa shape index (κ2) is 5.31. The van der Waals surface area contributed by atoms with E-state index in [4.69, 9.17) is 5.73 Å². The molecule has 0 radical (unpaired) electrons. The van der Waals surface area contributed by atoms with Crippen LogP contribution in [-0.4, -0.2) is 15.9 Å². The topological polar surface area (TPSA) is 53.1 Å². The van der Waals surface area contributed by atoms with Crippen molar-refractivity contribution in [2.24, 2.45) is 5.73 Å². The average molecular weight is 271 g/mol. The minimum Gasteiger partial charge on any atom is -0.406 e. The number of nitrogens with zero attached hydrogens (tertiary/aromatic N) is 2. The fraction of sp³-hybridized carbons (Fsp3) is 0.250. The van der Waals surface area contributed by atoms with Gasteiger partial charge in [0.05, 0.1) is 12.0 Å². The lowest BCUT2D eigenvalue weighted by atomic mass is 10.2. The first kappa shape index (κ1) is 13.4. The molecule has 1 heterocycles. The Morgan fingerprint density at radius 3 is 2.42 bits per heavy atom. The van der Waals surface area contributed by atoms with Crippen LogP contribution in [0.4, 0.5) is 13.2 Å². The van der Waals surface area contributed by atoms with Gasteiger partial charge < -0.3 is 15.0 Å². The smallest absolute Gasteiger partial charge is 0.406 e. The maximum atomic E-state index is 12.0. The van der Waals surface area contributed by atoms with Crippen LogP contribution in [0, 0.1) is 0 Å². The summed E-state index contributed by atoms with van der Waals surface area (Å²) >= 11 is 0. The highest BCUT2D eigenvalue weighted by Gasteiger charge is 2.30. The summed E-state index contributed by atoms with van der Waals surface area (Å²) in [5, 5.41) is 0. The quantitative estimate of drug-likeness (QED) is 0.928. The molecule has 1 aromatic heterocycles. The lowest BCUT2D eigenvalue weighted by molar-refractivity contribution is -0.274. The van der Waals surface area contributed by atoms with Crippen molar-refractivity contribution < 1.29 is 17.9 Å². The van der Waals surface area contributed by atoms with Gasteiger partial charge in [0.1, 0.15) is 5.75 Å². The molecule has 0 amide bonds. The molecule has 4 nitrogen and oxygen atoms in total. The third-order valence-corrected chi connectivity index (χ3v) is 2.42. The maximum absolute atomic E-state index is 12.0. The summed E-state index contributed by atoms with van der Waals surface area (Å²) in [4.78, 5) is 4.06. The van der Waals surface area contributed by atoms with E-state index in [1.807, 2.05) is 4.57 Å².